The minimum Gasteiger partial charge on any atom is -0.242 e. The third-order valence-electron chi connectivity index (χ3n) is 3.84. The van der Waals surface area contributed by atoms with E-state index in [-0.39, 0.29) is 0 Å². The molecule has 0 aliphatic carbocycles. The lowest BCUT2D eigenvalue weighted by Gasteiger charge is -2.15. The Kier molecular flexibility index (Phi) is 5.37. The van der Waals surface area contributed by atoms with Gasteiger partial charge in [-0.15, -0.1) is 5.10 Å². The Bertz CT molecular complexity index is 489. The maximum atomic E-state index is 4.35. The van der Waals surface area contributed by atoms with Gasteiger partial charge in [0.25, 0.3) is 0 Å². The van der Waals surface area contributed by atoms with Crippen molar-refractivity contribution in [2.24, 2.45) is 0 Å². The number of para-hydroxylation sites is 1. The largest absolute Gasteiger partial charge is 0.242 e. The highest BCUT2D eigenvalue weighted by molar-refractivity contribution is 5.73. The van der Waals surface area contributed by atoms with Crippen LogP contribution in [-0.4, -0.2) is 15.0 Å². The fourth-order valence-electron chi connectivity index (χ4n) is 2.64. The number of unbranched alkanes of at least 4 members (excludes halogenated alkanes) is 4. The molecular weight excluding hydrogens is 234 g/mol. The summed E-state index contributed by atoms with van der Waals surface area (Å²) in [6, 6.07) is 8.74. The Hall–Kier alpha value is -1.38. The fourth-order valence-corrected chi connectivity index (χ4v) is 2.64. The molecule has 3 nitrogen and oxygen atoms in total. The highest BCUT2D eigenvalue weighted by Gasteiger charge is 2.13. The van der Waals surface area contributed by atoms with Crippen molar-refractivity contribution >= 4 is 11.0 Å². The van der Waals surface area contributed by atoms with E-state index in [9.17, 15) is 0 Å². The summed E-state index contributed by atoms with van der Waals surface area (Å²) in [7, 11) is 0. The van der Waals surface area contributed by atoms with Crippen LogP contribution >= 0.6 is 0 Å². The van der Waals surface area contributed by atoms with Crippen LogP contribution in [0.2, 0.25) is 0 Å². The summed E-state index contributed by atoms with van der Waals surface area (Å²) in [5.41, 5.74) is 2.18. The summed E-state index contributed by atoms with van der Waals surface area (Å²) in [6.45, 7) is 4.50. The van der Waals surface area contributed by atoms with Gasteiger partial charge in [-0.25, -0.2) is 4.68 Å². The Morgan fingerprint density at radius 3 is 2.63 bits per heavy atom. The molecule has 0 saturated heterocycles. The molecule has 19 heavy (non-hydrogen) atoms. The van der Waals surface area contributed by atoms with Gasteiger partial charge in [-0.2, -0.15) is 0 Å². The van der Waals surface area contributed by atoms with Crippen molar-refractivity contribution in [2.45, 2.75) is 64.8 Å². The fraction of sp³-hybridized carbons (Fsp3) is 0.625. The first kappa shape index (κ1) is 14.0. The lowest BCUT2D eigenvalue weighted by atomic mass is 10.0. The van der Waals surface area contributed by atoms with Crippen molar-refractivity contribution in [2.75, 3.05) is 0 Å². The first-order chi connectivity index (χ1) is 9.36. The van der Waals surface area contributed by atoms with Crippen LogP contribution in [0.1, 0.15) is 64.8 Å². The van der Waals surface area contributed by atoms with Gasteiger partial charge in [0.15, 0.2) is 0 Å². The molecule has 0 fully saturated rings. The third kappa shape index (κ3) is 3.55. The number of fused-ring (bicyclic) bond motifs is 1. The second kappa shape index (κ2) is 7.27. The van der Waals surface area contributed by atoms with Gasteiger partial charge in [-0.3, -0.25) is 0 Å². The second-order valence-electron chi connectivity index (χ2n) is 5.29. The topological polar surface area (TPSA) is 30.7 Å². The van der Waals surface area contributed by atoms with E-state index in [1.165, 1.54) is 44.0 Å². The average Bonchev–Trinajstić information content (AvgIpc) is 2.87. The van der Waals surface area contributed by atoms with Crippen molar-refractivity contribution in [1.29, 1.82) is 0 Å². The number of hydrogen-bond acceptors (Lipinski definition) is 2. The van der Waals surface area contributed by atoms with Crippen LogP contribution in [0.5, 0.6) is 0 Å². The van der Waals surface area contributed by atoms with E-state index in [1.807, 2.05) is 12.1 Å². The number of rotatable bonds is 8. The van der Waals surface area contributed by atoms with Gasteiger partial charge in [0, 0.05) is 0 Å². The molecule has 0 amide bonds. The zero-order valence-corrected chi connectivity index (χ0v) is 12.2. The molecule has 1 aromatic heterocycles. The number of nitrogens with zero attached hydrogens (tertiary/aromatic N) is 3. The molecule has 0 aliphatic heterocycles. The van der Waals surface area contributed by atoms with Crippen LogP contribution < -0.4 is 0 Å². The highest BCUT2D eigenvalue weighted by atomic mass is 15.4. The summed E-state index contributed by atoms with van der Waals surface area (Å²) < 4.78 is 2.12. The van der Waals surface area contributed by atoms with E-state index < -0.39 is 0 Å². The zero-order chi connectivity index (χ0) is 13.5. The Labute approximate surface area is 116 Å². The van der Waals surface area contributed by atoms with Crippen molar-refractivity contribution in [3.63, 3.8) is 0 Å². The number of benzene rings is 1. The summed E-state index contributed by atoms with van der Waals surface area (Å²) in [5.74, 6) is 0. The molecular formula is C16H25N3. The zero-order valence-electron chi connectivity index (χ0n) is 12.2. The first-order valence-corrected chi connectivity index (χ1v) is 7.66. The van der Waals surface area contributed by atoms with Gasteiger partial charge in [0.1, 0.15) is 5.52 Å². The molecule has 0 N–H and O–H groups in total. The highest BCUT2D eigenvalue weighted by Crippen LogP contribution is 2.23. The molecule has 0 spiro atoms. The molecule has 0 radical (unpaired) electrons. The molecule has 0 bridgehead atoms. The van der Waals surface area contributed by atoms with Crippen molar-refractivity contribution in [3.05, 3.63) is 24.3 Å². The van der Waals surface area contributed by atoms with E-state index in [1.54, 1.807) is 0 Å². The van der Waals surface area contributed by atoms with E-state index in [4.69, 9.17) is 0 Å². The third-order valence-corrected chi connectivity index (χ3v) is 3.84. The van der Waals surface area contributed by atoms with Crippen LogP contribution in [0.3, 0.4) is 0 Å². The molecule has 3 heteroatoms. The molecule has 104 valence electrons. The Balaban J connectivity index is 1.97. The lowest BCUT2D eigenvalue weighted by Crippen LogP contribution is -2.10. The molecule has 1 heterocycles. The van der Waals surface area contributed by atoms with Crippen LogP contribution in [0, 0.1) is 0 Å². The van der Waals surface area contributed by atoms with Crippen molar-refractivity contribution in [3.8, 4) is 0 Å². The predicted molar refractivity (Wildman–Crippen MR) is 80.2 cm³/mol. The molecule has 1 atom stereocenters. The van der Waals surface area contributed by atoms with Gasteiger partial charge in [0.05, 0.1) is 11.6 Å². The molecule has 1 aromatic carbocycles. The smallest absolute Gasteiger partial charge is 0.113 e. The monoisotopic (exact) mass is 259 g/mol. The second-order valence-corrected chi connectivity index (χ2v) is 5.29. The van der Waals surface area contributed by atoms with Gasteiger partial charge in [-0.1, -0.05) is 63.3 Å². The van der Waals surface area contributed by atoms with Gasteiger partial charge in [0.2, 0.25) is 0 Å². The van der Waals surface area contributed by atoms with E-state index in [0.29, 0.717) is 6.04 Å². The quantitative estimate of drug-likeness (QED) is 0.641. The van der Waals surface area contributed by atoms with Crippen LogP contribution in [-0.2, 0) is 0 Å². The lowest BCUT2D eigenvalue weighted by molar-refractivity contribution is 0.396. The van der Waals surface area contributed by atoms with Crippen LogP contribution in [0.4, 0.5) is 0 Å². The minimum atomic E-state index is 0.494. The summed E-state index contributed by atoms with van der Waals surface area (Å²) in [5, 5.41) is 8.61. The minimum absolute atomic E-state index is 0.494. The van der Waals surface area contributed by atoms with E-state index in [0.717, 1.165) is 11.9 Å². The van der Waals surface area contributed by atoms with Gasteiger partial charge < -0.3 is 0 Å². The van der Waals surface area contributed by atoms with Crippen molar-refractivity contribution in [1.82, 2.24) is 15.0 Å². The standard InChI is InChI=1S/C16H25N3/c1-3-5-6-7-8-11-14(4-2)19-16-13-10-9-12-15(16)17-18-19/h9-10,12-14H,3-8,11H2,1-2H3. The summed E-state index contributed by atoms with van der Waals surface area (Å²) in [6.07, 6.45) is 9.03. The Morgan fingerprint density at radius 1 is 1.05 bits per heavy atom. The first-order valence-electron chi connectivity index (χ1n) is 7.66. The maximum Gasteiger partial charge on any atom is 0.113 e. The molecule has 2 aromatic rings. The normalized spacial score (nSPS) is 12.9. The molecule has 0 saturated carbocycles. The van der Waals surface area contributed by atoms with Gasteiger partial charge in [-0.05, 0) is 25.0 Å². The van der Waals surface area contributed by atoms with Crippen molar-refractivity contribution < 1.29 is 0 Å². The summed E-state index contributed by atoms with van der Waals surface area (Å²) >= 11 is 0. The molecule has 2 rings (SSSR count). The SMILES string of the molecule is CCCCCCCC(CC)n1nnc2ccccc21. The molecule has 1 unspecified atom stereocenters. The van der Waals surface area contributed by atoms with E-state index >= 15 is 0 Å². The van der Waals surface area contributed by atoms with Gasteiger partial charge >= 0.3 is 0 Å². The average molecular weight is 259 g/mol. The van der Waals surface area contributed by atoms with Crippen LogP contribution in [0.15, 0.2) is 24.3 Å². The van der Waals surface area contributed by atoms with E-state index in [2.05, 4.69) is 41.0 Å². The maximum absolute atomic E-state index is 4.35. The number of hydrogen-bond donors (Lipinski definition) is 0. The number of aromatic nitrogens is 3. The summed E-state index contributed by atoms with van der Waals surface area (Å²) in [4.78, 5) is 0. The predicted octanol–water partition coefficient (Wildman–Crippen LogP) is 4.74. The van der Waals surface area contributed by atoms with Crippen LogP contribution in [0.25, 0.3) is 11.0 Å². The molecule has 0 aliphatic rings. The Morgan fingerprint density at radius 2 is 1.84 bits per heavy atom.